The first kappa shape index (κ1) is 12.7. The van der Waals surface area contributed by atoms with Crippen LogP contribution in [0.4, 0.5) is 5.69 Å². The van der Waals surface area contributed by atoms with Gasteiger partial charge in [-0.15, -0.1) is 6.42 Å². The Morgan fingerprint density at radius 3 is 2.40 bits per heavy atom. The first-order valence-electron chi connectivity index (χ1n) is 4.45. The summed E-state index contributed by atoms with van der Waals surface area (Å²) in [6, 6.07) is 3.50. The van der Waals surface area contributed by atoms with E-state index in [-0.39, 0.29) is 6.04 Å². The highest BCUT2D eigenvalue weighted by Crippen LogP contribution is 2.34. The lowest BCUT2D eigenvalue weighted by molar-refractivity contribution is 0.858. The van der Waals surface area contributed by atoms with Crippen molar-refractivity contribution >= 4 is 44.8 Å². The molecule has 80 valence electrons. The van der Waals surface area contributed by atoms with Crippen molar-refractivity contribution in [2.45, 2.75) is 19.4 Å². The van der Waals surface area contributed by atoms with Crippen LogP contribution >= 0.6 is 39.1 Å². The van der Waals surface area contributed by atoms with Crippen LogP contribution in [-0.4, -0.2) is 6.04 Å². The minimum absolute atomic E-state index is 0.0545. The zero-order valence-corrected chi connectivity index (χ0v) is 11.2. The fourth-order valence-electron chi connectivity index (χ4n) is 1.12. The molecular formula is C11H10BrCl2N. The lowest BCUT2D eigenvalue weighted by Gasteiger charge is -2.15. The Balaban J connectivity index is 3.00. The molecule has 0 aliphatic heterocycles. The summed E-state index contributed by atoms with van der Waals surface area (Å²) in [5.74, 6) is 2.63. The van der Waals surface area contributed by atoms with Gasteiger partial charge >= 0.3 is 0 Å². The Morgan fingerprint density at radius 1 is 1.47 bits per heavy atom. The van der Waals surface area contributed by atoms with E-state index in [0.29, 0.717) is 15.7 Å². The molecule has 1 atom stereocenters. The van der Waals surface area contributed by atoms with Crippen molar-refractivity contribution < 1.29 is 0 Å². The van der Waals surface area contributed by atoms with E-state index in [0.717, 1.165) is 10.9 Å². The van der Waals surface area contributed by atoms with Crippen LogP contribution in [0.3, 0.4) is 0 Å². The van der Waals surface area contributed by atoms with Crippen LogP contribution in [0.15, 0.2) is 16.6 Å². The topological polar surface area (TPSA) is 12.0 Å². The summed E-state index contributed by atoms with van der Waals surface area (Å²) in [5.41, 5.74) is 0.686. The molecule has 1 aromatic carbocycles. The van der Waals surface area contributed by atoms with Gasteiger partial charge in [-0.05, 0) is 18.6 Å². The van der Waals surface area contributed by atoms with E-state index in [1.807, 2.05) is 6.92 Å². The Hall–Kier alpha value is -0.360. The first-order valence-corrected chi connectivity index (χ1v) is 6.00. The van der Waals surface area contributed by atoms with Crippen molar-refractivity contribution in [2.24, 2.45) is 0 Å². The van der Waals surface area contributed by atoms with Gasteiger partial charge in [-0.25, -0.2) is 0 Å². The van der Waals surface area contributed by atoms with Crippen LogP contribution < -0.4 is 5.32 Å². The lowest BCUT2D eigenvalue weighted by Crippen LogP contribution is -2.16. The third-order valence-electron chi connectivity index (χ3n) is 1.93. The first-order chi connectivity index (χ1) is 7.08. The number of terminal acetylenes is 1. The Kier molecular flexibility index (Phi) is 4.79. The van der Waals surface area contributed by atoms with Crippen molar-refractivity contribution in [3.05, 3.63) is 26.7 Å². The molecule has 1 aromatic rings. The van der Waals surface area contributed by atoms with Crippen LogP contribution in [0.2, 0.25) is 10.0 Å². The number of nitrogens with one attached hydrogen (secondary N) is 1. The fourth-order valence-corrected chi connectivity index (χ4v) is 2.43. The summed E-state index contributed by atoms with van der Waals surface area (Å²) >= 11 is 15.4. The van der Waals surface area contributed by atoms with Gasteiger partial charge in [0, 0.05) is 4.47 Å². The van der Waals surface area contributed by atoms with E-state index in [1.54, 1.807) is 12.1 Å². The van der Waals surface area contributed by atoms with Gasteiger partial charge in [0.15, 0.2) is 0 Å². The third-order valence-corrected chi connectivity index (χ3v) is 2.99. The molecule has 0 fully saturated rings. The van der Waals surface area contributed by atoms with Gasteiger partial charge in [-0.3, -0.25) is 0 Å². The van der Waals surface area contributed by atoms with Gasteiger partial charge in [-0.2, -0.15) is 0 Å². The maximum absolute atomic E-state index is 6.05. The number of anilines is 1. The lowest BCUT2D eigenvalue weighted by atomic mass is 10.2. The summed E-state index contributed by atoms with van der Waals surface area (Å²) in [5, 5.41) is 4.24. The van der Waals surface area contributed by atoms with E-state index >= 15 is 0 Å². The third kappa shape index (κ3) is 3.31. The van der Waals surface area contributed by atoms with Crippen molar-refractivity contribution in [3.8, 4) is 12.3 Å². The fraction of sp³-hybridized carbons (Fsp3) is 0.273. The molecule has 0 radical (unpaired) electrons. The van der Waals surface area contributed by atoms with Gasteiger partial charge in [-0.1, -0.05) is 52.0 Å². The van der Waals surface area contributed by atoms with Crippen molar-refractivity contribution in [2.75, 3.05) is 5.32 Å². The van der Waals surface area contributed by atoms with Crippen LogP contribution in [0.1, 0.15) is 13.3 Å². The predicted molar refractivity (Wildman–Crippen MR) is 70.7 cm³/mol. The molecule has 0 spiro atoms. The molecule has 1 rings (SSSR count). The van der Waals surface area contributed by atoms with Crippen LogP contribution in [-0.2, 0) is 0 Å². The quantitative estimate of drug-likeness (QED) is 0.806. The summed E-state index contributed by atoms with van der Waals surface area (Å²) in [6.45, 7) is 2.00. The molecule has 0 aliphatic carbocycles. The SMILES string of the molecule is C#CC(CC)Nc1c(Cl)cc(Br)cc1Cl. The molecule has 0 aromatic heterocycles. The molecule has 0 saturated heterocycles. The van der Waals surface area contributed by atoms with Gasteiger partial charge < -0.3 is 5.32 Å². The molecular weight excluding hydrogens is 297 g/mol. The highest BCUT2D eigenvalue weighted by molar-refractivity contribution is 9.10. The van der Waals surface area contributed by atoms with Crippen LogP contribution in [0.25, 0.3) is 0 Å². The highest BCUT2D eigenvalue weighted by Gasteiger charge is 2.10. The molecule has 1 nitrogen and oxygen atoms in total. The second-order valence-electron chi connectivity index (χ2n) is 3.02. The molecule has 0 amide bonds. The minimum Gasteiger partial charge on any atom is -0.369 e. The monoisotopic (exact) mass is 305 g/mol. The summed E-state index contributed by atoms with van der Waals surface area (Å²) in [7, 11) is 0. The van der Waals surface area contributed by atoms with Crippen LogP contribution in [0, 0.1) is 12.3 Å². The second-order valence-corrected chi connectivity index (χ2v) is 4.75. The Morgan fingerprint density at radius 2 is 2.00 bits per heavy atom. The van der Waals surface area contributed by atoms with Crippen molar-refractivity contribution in [1.82, 2.24) is 0 Å². The van der Waals surface area contributed by atoms with Gasteiger partial charge in [0.2, 0.25) is 0 Å². The number of benzene rings is 1. The maximum Gasteiger partial charge on any atom is 0.0872 e. The largest absolute Gasteiger partial charge is 0.369 e. The number of halogens is 3. The molecule has 0 aliphatic rings. The molecule has 0 saturated carbocycles. The summed E-state index contributed by atoms with van der Waals surface area (Å²) < 4.78 is 0.844. The smallest absolute Gasteiger partial charge is 0.0872 e. The standard InChI is InChI=1S/C11H10BrCl2N/c1-3-8(4-2)15-11-9(13)5-7(12)6-10(11)14/h1,5-6,8,15H,4H2,2H3. The normalized spacial score (nSPS) is 11.9. The van der Waals surface area contributed by atoms with E-state index in [9.17, 15) is 0 Å². The predicted octanol–water partition coefficient (Wildman–Crippen LogP) is 4.58. The zero-order chi connectivity index (χ0) is 11.4. The summed E-state index contributed by atoms with van der Waals surface area (Å²) in [4.78, 5) is 0. The molecule has 0 heterocycles. The van der Waals surface area contributed by atoms with Crippen LogP contribution in [0.5, 0.6) is 0 Å². The van der Waals surface area contributed by atoms with E-state index in [1.165, 1.54) is 0 Å². The van der Waals surface area contributed by atoms with E-state index < -0.39 is 0 Å². The van der Waals surface area contributed by atoms with Gasteiger partial charge in [0.1, 0.15) is 0 Å². The van der Waals surface area contributed by atoms with Gasteiger partial charge in [0.05, 0.1) is 21.8 Å². The number of hydrogen-bond acceptors (Lipinski definition) is 1. The maximum atomic E-state index is 6.05. The molecule has 4 heteroatoms. The zero-order valence-electron chi connectivity index (χ0n) is 8.15. The molecule has 15 heavy (non-hydrogen) atoms. The van der Waals surface area contributed by atoms with E-state index in [4.69, 9.17) is 29.6 Å². The highest BCUT2D eigenvalue weighted by atomic mass is 79.9. The van der Waals surface area contributed by atoms with Crippen molar-refractivity contribution in [1.29, 1.82) is 0 Å². The van der Waals surface area contributed by atoms with E-state index in [2.05, 4.69) is 27.2 Å². The molecule has 0 bridgehead atoms. The van der Waals surface area contributed by atoms with Gasteiger partial charge in [0.25, 0.3) is 0 Å². The average Bonchev–Trinajstić information content (AvgIpc) is 2.17. The average molecular weight is 307 g/mol. The Labute approximate surface area is 108 Å². The minimum atomic E-state index is -0.0545. The number of hydrogen-bond donors (Lipinski definition) is 1. The Bertz CT molecular complexity index is 375. The van der Waals surface area contributed by atoms with Crippen molar-refractivity contribution in [3.63, 3.8) is 0 Å². The molecule has 1 unspecified atom stereocenters. The summed E-state index contributed by atoms with van der Waals surface area (Å²) in [6.07, 6.45) is 6.17. The number of rotatable bonds is 3. The molecule has 1 N–H and O–H groups in total. The second kappa shape index (κ2) is 5.65.